The molecule has 0 aromatic heterocycles. The molecule has 0 amide bonds. The Hall–Kier alpha value is 0.114. The van der Waals surface area contributed by atoms with Crippen LogP contribution in [0, 0.1) is 0 Å². The van der Waals surface area contributed by atoms with Crippen molar-refractivity contribution >= 4 is 17.6 Å². The molecule has 0 spiro atoms. The first kappa shape index (κ1) is 38.1. The molecular weight excluding hydrogens is 516 g/mol. The molecule has 0 atom stereocenters. The first-order valence-corrected chi connectivity index (χ1v) is 19.7. The highest BCUT2D eigenvalue weighted by Gasteiger charge is 2.40. The van der Waals surface area contributed by atoms with Crippen molar-refractivity contribution in [3.8, 4) is 0 Å². The van der Waals surface area contributed by atoms with Gasteiger partial charge >= 0.3 is 17.6 Å². The van der Waals surface area contributed by atoms with Crippen LogP contribution in [0.1, 0.15) is 106 Å². The maximum atomic E-state index is 5.92. The highest BCUT2D eigenvalue weighted by molar-refractivity contribution is 6.61. The zero-order valence-electron chi connectivity index (χ0n) is 26.0. The van der Waals surface area contributed by atoms with Crippen molar-refractivity contribution in [1.82, 2.24) is 10.6 Å². The van der Waals surface area contributed by atoms with E-state index in [9.17, 15) is 0 Å². The SMILES string of the molecule is CCO[Si](CCCNCCCCCCCCCCNCCC[Si](OCC)(OCC)OCC)(OCC)OCC. The van der Waals surface area contributed by atoms with Crippen LogP contribution in [0.5, 0.6) is 0 Å². The lowest BCUT2D eigenvalue weighted by Gasteiger charge is -2.28. The molecule has 0 aliphatic heterocycles. The number of rotatable bonds is 31. The van der Waals surface area contributed by atoms with Crippen LogP contribution in [0.4, 0.5) is 0 Å². The van der Waals surface area contributed by atoms with E-state index < -0.39 is 17.6 Å². The van der Waals surface area contributed by atoms with Gasteiger partial charge in [-0.25, -0.2) is 0 Å². The van der Waals surface area contributed by atoms with Gasteiger partial charge in [0, 0.05) is 51.7 Å². The third-order valence-electron chi connectivity index (χ3n) is 6.32. The zero-order chi connectivity index (χ0) is 28.2. The summed E-state index contributed by atoms with van der Waals surface area (Å²) in [6.07, 6.45) is 12.6. The fourth-order valence-electron chi connectivity index (χ4n) is 4.67. The standard InChI is InChI=1S/C28H64N2O6Si2/c1-7-31-37(32-8-2,33-9-3)27-21-25-29-23-19-17-15-13-14-16-18-20-24-30-26-22-28-38(34-10-4,35-11-5)36-12-6/h29-30H,7-28H2,1-6H3. The number of unbranched alkanes of at least 4 members (excludes halogenated alkanes) is 7. The van der Waals surface area contributed by atoms with E-state index in [1.54, 1.807) is 0 Å². The maximum Gasteiger partial charge on any atom is 0.500 e. The number of hydrogen-bond acceptors (Lipinski definition) is 8. The molecule has 0 unspecified atom stereocenters. The van der Waals surface area contributed by atoms with E-state index in [2.05, 4.69) is 10.6 Å². The van der Waals surface area contributed by atoms with Crippen LogP contribution in [-0.2, 0) is 26.6 Å². The van der Waals surface area contributed by atoms with Gasteiger partial charge in [0.15, 0.2) is 0 Å². The number of hydrogen-bond donors (Lipinski definition) is 2. The van der Waals surface area contributed by atoms with E-state index in [0.29, 0.717) is 39.6 Å². The molecule has 0 aromatic rings. The molecule has 10 heteroatoms. The van der Waals surface area contributed by atoms with Gasteiger partial charge in [0.05, 0.1) is 0 Å². The molecule has 0 aromatic carbocycles. The molecule has 0 heterocycles. The molecule has 230 valence electrons. The lowest BCUT2D eigenvalue weighted by atomic mass is 10.1. The minimum Gasteiger partial charge on any atom is -0.374 e. The van der Waals surface area contributed by atoms with Gasteiger partial charge in [-0.05, 0) is 93.4 Å². The smallest absolute Gasteiger partial charge is 0.374 e. The zero-order valence-corrected chi connectivity index (χ0v) is 28.0. The summed E-state index contributed by atoms with van der Waals surface area (Å²) in [5.41, 5.74) is 0. The van der Waals surface area contributed by atoms with Crippen molar-refractivity contribution in [2.24, 2.45) is 0 Å². The van der Waals surface area contributed by atoms with Crippen LogP contribution < -0.4 is 10.6 Å². The minimum atomic E-state index is -2.48. The van der Waals surface area contributed by atoms with E-state index in [1.165, 1.54) is 51.4 Å². The minimum absolute atomic E-state index is 0.651. The molecule has 8 nitrogen and oxygen atoms in total. The van der Waals surface area contributed by atoms with Crippen molar-refractivity contribution in [2.75, 3.05) is 65.8 Å². The summed E-state index contributed by atoms with van der Waals surface area (Å²) in [6.45, 7) is 20.2. The Morgan fingerprint density at radius 2 is 0.579 bits per heavy atom. The Balaban J connectivity index is 3.60. The van der Waals surface area contributed by atoms with Gasteiger partial charge in [-0.1, -0.05) is 38.5 Å². The van der Waals surface area contributed by atoms with Crippen molar-refractivity contribution < 1.29 is 26.6 Å². The molecule has 0 rings (SSSR count). The monoisotopic (exact) mass is 580 g/mol. The molecule has 0 bridgehead atoms. The molecule has 0 aliphatic carbocycles. The maximum absolute atomic E-state index is 5.92. The summed E-state index contributed by atoms with van der Waals surface area (Å²) >= 11 is 0. The summed E-state index contributed by atoms with van der Waals surface area (Å²) in [5, 5.41) is 7.16. The lowest BCUT2D eigenvalue weighted by molar-refractivity contribution is 0.0700. The second kappa shape index (κ2) is 27.3. The quantitative estimate of drug-likeness (QED) is 0.0745. The molecule has 0 fully saturated rings. The Morgan fingerprint density at radius 3 is 0.842 bits per heavy atom. The van der Waals surface area contributed by atoms with Crippen LogP contribution in [0.3, 0.4) is 0 Å². The third-order valence-corrected chi connectivity index (χ3v) is 12.6. The number of nitrogens with one attached hydrogen (secondary N) is 2. The first-order valence-electron chi connectivity index (χ1n) is 15.8. The van der Waals surface area contributed by atoms with E-state index in [0.717, 1.165) is 51.1 Å². The summed E-state index contributed by atoms with van der Waals surface area (Å²) in [6, 6.07) is 1.78. The van der Waals surface area contributed by atoms with Gasteiger partial charge in [0.1, 0.15) is 0 Å². The highest BCUT2D eigenvalue weighted by atomic mass is 28.4. The highest BCUT2D eigenvalue weighted by Crippen LogP contribution is 2.19. The Labute approximate surface area is 238 Å². The second-order valence-corrected chi connectivity index (χ2v) is 15.0. The summed E-state index contributed by atoms with van der Waals surface area (Å²) in [7, 11) is -4.95. The molecule has 0 saturated carbocycles. The molecule has 38 heavy (non-hydrogen) atoms. The van der Waals surface area contributed by atoms with Crippen LogP contribution in [0.25, 0.3) is 0 Å². The fraction of sp³-hybridized carbons (Fsp3) is 1.00. The average molecular weight is 581 g/mol. The molecule has 0 aliphatic rings. The van der Waals surface area contributed by atoms with Gasteiger partial charge in [-0.3, -0.25) is 0 Å². The van der Waals surface area contributed by atoms with Gasteiger partial charge in [0.25, 0.3) is 0 Å². The average Bonchev–Trinajstić information content (AvgIpc) is 2.89. The third kappa shape index (κ3) is 20.1. The van der Waals surface area contributed by atoms with E-state index in [-0.39, 0.29) is 0 Å². The van der Waals surface area contributed by atoms with Crippen molar-refractivity contribution in [3.63, 3.8) is 0 Å². The van der Waals surface area contributed by atoms with Gasteiger partial charge < -0.3 is 37.2 Å². The fourth-order valence-corrected chi connectivity index (χ4v) is 9.90. The molecule has 0 radical (unpaired) electrons. The topological polar surface area (TPSA) is 79.4 Å². The Morgan fingerprint density at radius 1 is 0.342 bits per heavy atom. The summed E-state index contributed by atoms with van der Waals surface area (Å²) < 4.78 is 35.5. The predicted molar refractivity (Wildman–Crippen MR) is 163 cm³/mol. The van der Waals surface area contributed by atoms with Gasteiger partial charge in [0.2, 0.25) is 0 Å². The summed E-state index contributed by atoms with van der Waals surface area (Å²) in [4.78, 5) is 0. The normalized spacial score (nSPS) is 12.5. The summed E-state index contributed by atoms with van der Waals surface area (Å²) in [5.74, 6) is 0. The van der Waals surface area contributed by atoms with Gasteiger partial charge in [-0.15, -0.1) is 0 Å². The van der Waals surface area contributed by atoms with Crippen molar-refractivity contribution in [1.29, 1.82) is 0 Å². The van der Waals surface area contributed by atoms with Crippen LogP contribution in [0.2, 0.25) is 12.1 Å². The molecule has 2 N–H and O–H groups in total. The lowest BCUT2D eigenvalue weighted by Crippen LogP contribution is -2.46. The van der Waals surface area contributed by atoms with Crippen LogP contribution in [-0.4, -0.2) is 83.4 Å². The van der Waals surface area contributed by atoms with Crippen molar-refractivity contribution in [3.05, 3.63) is 0 Å². The van der Waals surface area contributed by atoms with Gasteiger partial charge in [-0.2, -0.15) is 0 Å². The largest absolute Gasteiger partial charge is 0.500 e. The van der Waals surface area contributed by atoms with E-state index >= 15 is 0 Å². The Kier molecular flexibility index (Phi) is 27.4. The van der Waals surface area contributed by atoms with Crippen LogP contribution in [0.15, 0.2) is 0 Å². The first-order chi connectivity index (χ1) is 18.6. The molecular formula is C28H64N2O6Si2. The predicted octanol–water partition coefficient (Wildman–Crippen LogP) is 6.16. The molecule has 0 saturated heterocycles. The van der Waals surface area contributed by atoms with E-state index in [1.807, 2.05) is 41.5 Å². The van der Waals surface area contributed by atoms with Crippen LogP contribution >= 0.6 is 0 Å². The van der Waals surface area contributed by atoms with E-state index in [4.69, 9.17) is 26.6 Å². The van der Waals surface area contributed by atoms with Crippen molar-refractivity contribution in [2.45, 2.75) is 118 Å². The second-order valence-electron chi connectivity index (χ2n) is 9.50. The Bertz CT molecular complexity index is 418.